The van der Waals surface area contributed by atoms with Gasteiger partial charge < -0.3 is 14.8 Å². The highest BCUT2D eigenvalue weighted by molar-refractivity contribution is 6.05. The summed E-state index contributed by atoms with van der Waals surface area (Å²) in [7, 11) is 0. The first-order valence-electron chi connectivity index (χ1n) is 7.43. The van der Waals surface area contributed by atoms with Crippen LogP contribution in [0.15, 0.2) is 12.1 Å². The van der Waals surface area contributed by atoms with Gasteiger partial charge in [-0.05, 0) is 32.8 Å². The van der Waals surface area contributed by atoms with Crippen LogP contribution in [0.25, 0.3) is 10.9 Å². The van der Waals surface area contributed by atoms with Gasteiger partial charge >= 0.3 is 5.97 Å². The first-order valence-corrected chi connectivity index (χ1v) is 7.43. The molecule has 0 spiro atoms. The predicted octanol–water partition coefficient (Wildman–Crippen LogP) is 3.81. The number of aryl methyl sites for hydroxylation is 2. The van der Waals surface area contributed by atoms with Crippen LogP contribution in [-0.4, -0.2) is 20.7 Å². The molecule has 1 heterocycles. The second kappa shape index (κ2) is 5.90. The van der Waals surface area contributed by atoms with Crippen molar-refractivity contribution in [2.75, 3.05) is 0 Å². The van der Waals surface area contributed by atoms with Crippen molar-refractivity contribution in [2.24, 2.45) is 0 Å². The normalized spacial score (nSPS) is 12.8. The van der Waals surface area contributed by atoms with E-state index in [9.17, 15) is 15.0 Å². The number of carboxylic acids is 1. The molecule has 4 nitrogen and oxygen atoms in total. The molecule has 0 aliphatic rings. The van der Waals surface area contributed by atoms with E-state index < -0.39 is 12.1 Å². The largest absolute Gasteiger partial charge is 0.478 e. The van der Waals surface area contributed by atoms with E-state index >= 15 is 0 Å². The van der Waals surface area contributed by atoms with E-state index in [1.807, 2.05) is 26.0 Å². The zero-order valence-electron chi connectivity index (χ0n) is 13.1. The predicted molar refractivity (Wildman–Crippen MR) is 83.9 cm³/mol. The van der Waals surface area contributed by atoms with Gasteiger partial charge in [0.25, 0.3) is 0 Å². The summed E-state index contributed by atoms with van der Waals surface area (Å²) < 4.78 is 2.05. The number of benzene rings is 1. The summed E-state index contributed by atoms with van der Waals surface area (Å²) >= 11 is 0. The van der Waals surface area contributed by atoms with Gasteiger partial charge in [-0.15, -0.1) is 0 Å². The molecule has 0 aliphatic heterocycles. The monoisotopic (exact) mass is 289 g/mol. The van der Waals surface area contributed by atoms with E-state index in [2.05, 4.69) is 11.5 Å². The fraction of sp³-hybridized carbons (Fsp3) is 0.471. The van der Waals surface area contributed by atoms with Gasteiger partial charge in [-0.2, -0.15) is 0 Å². The van der Waals surface area contributed by atoms with Crippen LogP contribution < -0.4 is 0 Å². The number of aromatic carboxylic acids is 1. The molecule has 0 saturated carbocycles. The molecule has 0 bridgehead atoms. The number of fused-ring (bicyclic) bond motifs is 1. The Morgan fingerprint density at radius 1 is 1.33 bits per heavy atom. The molecule has 1 aromatic heterocycles. The van der Waals surface area contributed by atoms with E-state index in [0.29, 0.717) is 5.56 Å². The molecule has 0 aliphatic carbocycles. The SMILES string of the molecule is CCCCn1c(C)c(C(C)O)c2ccc(C)c(C(=O)O)c21. The first-order chi connectivity index (χ1) is 9.90. The molecule has 2 N–H and O–H groups in total. The number of carbonyl (C=O) groups is 1. The van der Waals surface area contributed by atoms with Crippen molar-refractivity contribution < 1.29 is 15.0 Å². The maximum Gasteiger partial charge on any atom is 0.338 e. The minimum atomic E-state index is -0.912. The lowest BCUT2D eigenvalue weighted by molar-refractivity contribution is 0.0698. The van der Waals surface area contributed by atoms with Crippen LogP contribution in [0, 0.1) is 13.8 Å². The third-order valence-corrected chi connectivity index (χ3v) is 4.11. The van der Waals surface area contributed by atoms with Gasteiger partial charge in [-0.1, -0.05) is 25.5 Å². The molecule has 1 unspecified atom stereocenters. The van der Waals surface area contributed by atoms with Crippen molar-refractivity contribution in [1.29, 1.82) is 0 Å². The molecule has 0 saturated heterocycles. The lowest BCUT2D eigenvalue weighted by atomic mass is 10.0. The van der Waals surface area contributed by atoms with Crippen LogP contribution in [0.5, 0.6) is 0 Å². The molecule has 0 radical (unpaired) electrons. The average Bonchev–Trinajstić information content (AvgIpc) is 2.68. The quantitative estimate of drug-likeness (QED) is 0.879. The zero-order chi connectivity index (χ0) is 15.7. The van der Waals surface area contributed by atoms with Crippen molar-refractivity contribution in [1.82, 2.24) is 4.57 Å². The lowest BCUT2D eigenvalue weighted by Gasteiger charge is -2.11. The van der Waals surface area contributed by atoms with Gasteiger partial charge in [0.05, 0.1) is 17.2 Å². The molecule has 2 aromatic rings. The Balaban J connectivity index is 2.88. The summed E-state index contributed by atoms with van der Waals surface area (Å²) in [5.41, 5.74) is 3.63. The Morgan fingerprint density at radius 3 is 2.52 bits per heavy atom. The summed E-state index contributed by atoms with van der Waals surface area (Å²) in [6.07, 6.45) is 1.41. The molecule has 1 aromatic carbocycles. The Labute approximate surface area is 125 Å². The van der Waals surface area contributed by atoms with E-state index in [1.165, 1.54) is 0 Å². The van der Waals surface area contributed by atoms with Crippen LogP contribution in [0.4, 0.5) is 0 Å². The van der Waals surface area contributed by atoms with E-state index in [0.717, 1.165) is 47.1 Å². The fourth-order valence-corrected chi connectivity index (χ4v) is 3.09. The minimum absolute atomic E-state index is 0.346. The summed E-state index contributed by atoms with van der Waals surface area (Å²) in [6.45, 7) is 8.39. The van der Waals surface area contributed by atoms with Crippen LogP contribution in [0.1, 0.15) is 60.0 Å². The lowest BCUT2D eigenvalue weighted by Crippen LogP contribution is -2.07. The van der Waals surface area contributed by atoms with Crippen molar-refractivity contribution in [3.63, 3.8) is 0 Å². The van der Waals surface area contributed by atoms with Gasteiger partial charge in [0.15, 0.2) is 0 Å². The van der Waals surface area contributed by atoms with Crippen LogP contribution in [-0.2, 0) is 6.54 Å². The highest BCUT2D eigenvalue weighted by Crippen LogP contribution is 2.34. The Morgan fingerprint density at radius 2 is 2.00 bits per heavy atom. The highest BCUT2D eigenvalue weighted by Gasteiger charge is 2.23. The number of carboxylic acid groups (broad SMARTS) is 1. The molecular formula is C17H23NO3. The average molecular weight is 289 g/mol. The van der Waals surface area contributed by atoms with Gasteiger partial charge in [-0.25, -0.2) is 4.79 Å². The van der Waals surface area contributed by atoms with E-state index in [4.69, 9.17) is 0 Å². The van der Waals surface area contributed by atoms with Gasteiger partial charge in [0.1, 0.15) is 0 Å². The van der Waals surface area contributed by atoms with Gasteiger partial charge in [-0.3, -0.25) is 0 Å². The summed E-state index contributed by atoms with van der Waals surface area (Å²) in [4.78, 5) is 11.7. The number of aliphatic hydroxyl groups excluding tert-OH is 1. The molecule has 0 fully saturated rings. The van der Waals surface area contributed by atoms with Crippen LogP contribution in [0.2, 0.25) is 0 Å². The molecular weight excluding hydrogens is 266 g/mol. The third kappa shape index (κ3) is 2.56. The first kappa shape index (κ1) is 15.6. The van der Waals surface area contributed by atoms with Crippen LogP contribution >= 0.6 is 0 Å². The molecule has 114 valence electrons. The fourth-order valence-electron chi connectivity index (χ4n) is 3.09. The third-order valence-electron chi connectivity index (χ3n) is 4.11. The van der Waals surface area contributed by atoms with Crippen molar-refractivity contribution >= 4 is 16.9 Å². The van der Waals surface area contributed by atoms with Crippen molar-refractivity contribution in [3.05, 3.63) is 34.5 Å². The highest BCUT2D eigenvalue weighted by atomic mass is 16.4. The number of aromatic nitrogens is 1. The smallest absolute Gasteiger partial charge is 0.338 e. The Kier molecular flexibility index (Phi) is 4.37. The van der Waals surface area contributed by atoms with Crippen molar-refractivity contribution in [2.45, 2.75) is 53.2 Å². The summed E-state index contributed by atoms with van der Waals surface area (Å²) in [6, 6.07) is 3.75. The standard InChI is InChI=1S/C17H23NO3/c1-5-6-9-18-11(3)15(12(4)19)13-8-7-10(2)14(16(13)18)17(20)21/h7-8,12,19H,5-6,9H2,1-4H3,(H,20,21). The molecule has 2 rings (SSSR count). The van der Waals surface area contributed by atoms with Crippen LogP contribution in [0.3, 0.4) is 0 Å². The van der Waals surface area contributed by atoms with E-state index in [1.54, 1.807) is 6.92 Å². The maximum absolute atomic E-state index is 11.7. The topological polar surface area (TPSA) is 62.5 Å². The van der Waals surface area contributed by atoms with E-state index in [-0.39, 0.29) is 0 Å². The number of aliphatic hydroxyl groups is 1. The number of hydrogen-bond acceptors (Lipinski definition) is 2. The Bertz CT molecular complexity index is 683. The summed E-state index contributed by atoms with van der Waals surface area (Å²) in [5, 5.41) is 20.5. The van der Waals surface area contributed by atoms with Crippen molar-refractivity contribution in [3.8, 4) is 0 Å². The van der Waals surface area contributed by atoms with Gasteiger partial charge in [0, 0.05) is 23.2 Å². The zero-order valence-corrected chi connectivity index (χ0v) is 13.1. The Hall–Kier alpha value is -1.81. The molecule has 0 amide bonds. The molecule has 21 heavy (non-hydrogen) atoms. The minimum Gasteiger partial charge on any atom is -0.478 e. The molecule has 4 heteroatoms. The second-order valence-electron chi connectivity index (χ2n) is 5.64. The maximum atomic E-state index is 11.7. The number of unbranched alkanes of at least 4 members (excludes halogenated alkanes) is 1. The number of nitrogens with zero attached hydrogens (tertiary/aromatic N) is 1. The number of rotatable bonds is 5. The number of hydrogen-bond donors (Lipinski definition) is 2. The van der Waals surface area contributed by atoms with Gasteiger partial charge in [0.2, 0.25) is 0 Å². The molecule has 1 atom stereocenters. The second-order valence-corrected chi connectivity index (χ2v) is 5.64. The summed E-state index contributed by atoms with van der Waals surface area (Å²) in [5.74, 6) is -0.912.